The normalized spacial score (nSPS) is 10.6. The van der Waals surface area contributed by atoms with E-state index in [4.69, 9.17) is 5.73 Å². The molecule has 0 saturated heterocycles. The van der Waals surface area contributed by atoms with Crippen LogP contribution in [-0.2, 0) is 6.54 Å². The topological polar surface area (TPSA) is 141 Å². The molecule has 0 bridgehead atoms. The zero-order valence-corrected chi connectivity index (χ0v) is 11.7. The molecule has 10 nitrogen and oxygen atoms in total. The molecule has 0 fully saturated rings. The van der Waals surface area contributed by atoms with Crippen LogP contribution in [0, 0.1) is 10.1 Å². The molecule has 1 amide bonds. The van der Waals surface area contributed by atoms with Gasteiger partial charge >= 0.3 is 0 Å². The summed E-state index contributed by atoms with van der Waals surface area (Å²) >= 11 is 0. The molecule has 3 aromatic heterocycles. The van der Waals surface area contributed by atoms with E-state index in [1.54, 1.807) is 29.0 Å². The van der Waals surface area contributed by atoms with Crippen molar-refractivity contribution < 1.29 is 9.72 Å². The summed E-state index contributed by atoms with van der Waals surface area (Å²) in [6.45, 7) is 0.284. The number of pyridine rings is 1. The maximum absolute atomic E-state index is 11.5. The number of fused-ring (bicyclic) bond motifs is 1. The monoisotopic (exact) mass is 313 g/mol. The summed E-state index contributed by atoms with van der Waals surface area (Å²) in [5.41, 5.74) is 6.35. The SMILES string of the molecule is NC(=O)c1cc([N+](=O)[O-])cnc1NCc1ccnc2ccnn12. The maximum atomic E-state index is 11.5. The molecule has 0 atom stereocenters. The van der Waals surface area contributed by atoms with E-state index in [9.17, 15) is 14.9 Å². The van der Waals surface area contributed by atoms with E-state index in [0.717, 1.165) is 18.0 Å². The summed E-state index contributed by atoms with van der Waals surface area (Å²) < 4.78 is 1.63. The molecule has 0 aromatic carbocycles. The summed E-state index contributed by atoms with van der Waals surface area (Å²) in [6.07, 6.45) is 4.31. The lowest BCUT2D eigenvalue weighted by molar-refractivity contribution is -0.385. The Morgan fingerprint density at radius 3 is 2.91 bits per heavy atom. The lowest BCUT2D eigenvalue weighted by Crippen LogP contribution is -2.16. The molecule has 0 spiro atoms. The van der Waals surface area contributed by atoms with Crippen molar-refractivity contribution in [1.82, 2.24) is 19.6 Å². The van der Waals surface area contributed by atoms with Gasteiger partial charge in [0.2, 0.25) is 0 Å². The van der Waals surface area contributed by atoms with Gasteiger partial charge in [0, 0.05) is 18.3 Å². The highest BCUT2D eigenvalue weighted by Gasteiger charge is 2.16. The van der Waals surface area contributed by atoms with Gasteiger partial charge in [-0.15, -0.1) is 0 Å². The van der Waals surface area contributed by atoms with Crippen molar-refractivity contribution in [3.05, 3.63) is 58.2 Å². The van der Waals surface area contributed by atoms with Gasteiger partial charge in [-0.2, -0.15) is 5.10 Å². The van der Waals surface area contributed by atoms with E-state index < -0.39 is 10.8 Å². The molecule has 0 aliphatic carbocycles. The van der Waals surface area contributed by atoms with Gasteiger partial charge in [0.05, 0.1) is 28.9 Å². The Kier molecular flexibility index (Phi) is 3.55. The Morgan fingerprint density at radius 2 is 2.17 bits per heavy atom. The highest BCUT2D eigenvalue weighted by molar-refractivity contribution is 5.98. The number of nitrogens with zero attached hydrogens (tertiary/aromatic N) is 5. The third kappa shape index (κ3) is 2.77. The zero-order valence-electron chi connectivity index (χ0n) is 11.7. The second-order valence-electron chi connectivity index (χ2n) is 4.60. The number of primary amides is 1. The van der Waals surface area contributed by atoms with Crippen molar-refractivity contribution >= 4 is 23.1 Å². The number of anilines is 1. The quantitative estimate of drug-likeness (QED) is 0.522. The predicted octanol–water partition coefficient (Wildman–Crippen LogP) is 0.743. The average Bonchev–Trinajstić information content (AvgIpc) is 3.01. The van der Waals surface area contributed by atoms with E-state index in [-0.39, 0.29) is 23.6 Å². The number of rotatable bonds is 5. The smallest absolute Gasteiger partial charge is 0.288 e. The van der Waals surface area contributed by atoms with Crippen LogP contribution in [0.4, 0.5) is 11.5 Å². The van der Waals surface area contributed by atoms with Crippen LogP contribution in [0.5, 0.6) is 0 Å². The molecular formula is C13H11N7O3. The third-order valence-corrected chi connectivity index (χ3v) is 3.16. The Hall–Kier alpha value is -3.56. The zero-order chi connectivity index (χ0) is 16.4. The number of nitrogens with one attached hydrogen (secondary N) is 1. The molecule has 3 rings (SSSR count). The van der Waals surface area contributed by atoms with E-state index in [2.05, 4.69) is 20.4 Å². The number of carbonyl (C=O) groups is 1. The highest BCUT2D eigenvalue weighted by Crippen LogP contribution is 2.19. The van der Waals surface area contributed by atoms with Crippen LogP contribution in [0.1, 0.15) is 16.1 Å². The number of aromatic nitrogens is 4. The number of carbonyl (C=O) groups excluding carboxylic acids is 1. The second kappa shape index (κ2) is 5.67. The summed E-state index contributed by atoms with van der Waals surface area (Å²) in [5, 5.41) is 17.8. The molecule has 3 aromatic rings. The van der Waals surface area contributed by atoms with E-state index >= 15 is 0 Å². The molecule has 0 aliphatic rings. The van der Waals surface area contributed by atoms with Crippen LogP contribution in [0.25, 0.3) is 5.65 Å². The molecule has 3 heterocycles. The van der Waals surface area contributed by atoms with Gasteiger partial charge in [-0.25, -0.2) is 14.5 Å². The van der Waals surface area contributed by atoms with Gasteiger partial charge in [0.1, 0.15) is 12.0 Å². The van der Waals surface area contributed by atoms with Crippen LogP contribution in [0.15, 0.2) is 36.8 Å². The van der Waals surface area contributed by atoms with Crippen molar-refractivity contribution in [3.8, 4) is 0 Å². The lowest BCUT2D eigenvalue weighted by Gasteiger charge is -2.09. The Bertz CT molecular complexity index is 905. The van der Waals surface area contributed by atoms with Crippen LogP contribution in [0.3, 0.4) is 0 Å². The second-order valence-corrected chi connectivity index (χ2v) is 4.60. The third-order valence-electron chi connectivity index (χ3n) is 3.16. The molecule has 10 heteroatoms. The molecule has 0 saturated carbocycles. The molecule has 23 heavy (non-hydrogen) atoms. The Labute approximate surface area is 129 Å². The summed E-state index contributed by atoms with van der Waals surface area (Å²) in [7, 11) is 0. The van der Waals surface area contributed by atoms with Crippen molar-refractivity contribution in [2.75, 3.05) is 5.32 Å². The van der Waals surface area contributed by atoms with Crippen LogP contribution in [-0.4, -0.2) is 30.4 Å². The molecular weight excluding hydrogens is 302 g/mol. The lowest BCUT2D eigenvalue weighted by atomic mass is 10.2. The van der Waals surface area contributed by atoms with Crippen molar-refractivity contribution in [1.29, 1.82) is 0 Å². The first-order valence-electron chi connectivity index (χ1n) is 6.52. The average molecular weight is 313 g/mol. The number of amides is 1. The first kappa shape index (κ1) is 14.4. The fourth-order valence-electron chi connectivity index (χ4n) is 2.08. The van der Waals surface area contributed by atoms with Gasteiger partial charge in [0.15, 0.2) is 5.65 Å². The minimum atomic E-state index is -0.803. The van der Waals surface area contributed by atoms with Gasteiger partial charge in [0.25, 0.3) is 11.6 Å². The standard InChI is InChI=1S/C13H11N7O3/c14-12(21)10-5-9(20(22)23)7-17-13(10)16-6-8-1-3-15-11-2-4-18-19(8)11/h1-5,7H,6H2,(H2,14,21)(H,16,17). The van der Waals surface area contributed by atoms with Crippen molar-refractivity contribution in [2.45, 2.75) is 6.54 Å². The van der Waals surface area contributed by atoms with E-state index in [1.165, 1.54) is 0 Å². The fraction of sp³-hybridized carbons (Fsp3) is 0.0769. The van der Waals surface area contributed by atoms with Crippen molar-refractivity contribution in [3.63, 3.8) is 0 Å². The number of nitrogens with two attached hydrogens (primary N) is 1. The summed E-state index contributed by atoms with van der Waals surface area (Å²) in [6, 6.07) is 4.60. The number of nitro groups is 1. The first-order chi connectivity index (χ1) is 11.1. The van der Waals surface area contributed by atoms with Gasteiger partial charge in [-0.1, -0.05) is 0 Å². The van der Waals surface area contributed by atoms with Crippen LogP contribution >= 0.6 is 0 Å². The van der Waals surface area contributed by atoms with Crippen LogP contribution in [0.2, 0.25) is 0 Å². The number of hydrogen-bond donors (Lipinski definition) is 2. The predicted molar refractivity (Wildman–Crippen MR) is 79.7 cm³/mol. The molecule has 0 radical (unpaired) electrons. The van der Waals surface area contributed by atoms with Crippen LogP contribution < -0.4 is 11.1 Å². The fourth-order valence-corrected chi connectivity index (χ4v) is 2.08. The van der Waals surface area contributed by atoms with Crippen molar-refractivity contribution in [2.24, 2.45) is 5.73 Å². The number of hydrogen-bond acceptors (Lipinski definition) is 7. The minimum Gasteiger partial charge on any atom is -0.365 e. The molecule has 116 valence electrons. The van der Waals surface area contributed by atoms with E-state index in [1.807, 2.05) is 0 Å². The molecule has 0 unspecified atom stereocenters. The largest absolute Gasteiger partial charge is 0.365 e. The Morgan fingerprint density at radius 1 is 1.35 bits per heavy atom. The molecule has 3 N–H and O–H groups in total. The summed E-state index contributed by atoms with van der Waals surface area (Å²) in [4.78, 5) is 29.6. The van der Waals surface area contributed by atoms with E-state index in [0.29, 0.717) is 5.65 Å². The highest BCUT2D eigenvalue weighted by atomic mass is 16.6. The molecule has 0 aliphatic heterocycles. The summed E-state index contributed by atoms with van der Waals surface area (Å²) in [5.74, 6) is -0.636. The first-order valence-corrected chi connectivity index (χ1v) is 6.52. The van der Waals surface area contributed by atoms with Gasteiger partial charge < -0.3 is 11.1 Å². The maximum Gasteiger partial charge on any atom is 0.288 e. The van der Waals surface area contributed by atoms with Gasteiger partial charge in [-0.05, 0) is 6.07 Å². The Balaban J connectivity index is 1.89. The van der Waals surface area contributed by atoms with Gasteiger partial charge in [-0.3, -0.25) is 14.9 Å². The minimum absolute atomic E-state index is 0.0510.